The first kappa shape index (κ1) is 14.1. The third-order valence-electron chi connectivity index (χ3n) is 3.72. The van der Waals surface area contributed by atoms with Crippen molar-refractivity contribution < 1.29 is 4.79 Å². The van der Waals surface area contributed by atoms with E-state index in [4.69, 9.17) is 5.26 Å². The number of carbonyl (C=O) groups excluding carboxylic acids is 1. The molecule has 112 valence electrons. The lowest BCUT2D eigenvalue weighted by atomic mass is 10.2. The second-order valence-electron chi connectivity index (χ2n) is 5.23. The van der Waals surface area contributed by atoms with Crippen LogP contribution in [-0.2, 0) is 0 Å². The minimum absolute atomic E-state index is 0.0399. The van der Waals surface area contributed by atoms with Crippen molar-refractivity contribution in [3.05, 3.63) is 41.5 Å². The van der Waals surface area contributed by atoms with Gasteiger partial charge in [0.1, 0.15) is 17.5 Å². The van der Waals surface area contributed by atoms with Crippen molar-refractivity contribution in [3.8, 4) is 6.07 Å². The molecule has 1 saturated heterocycles. The molecular formula is C15H16N6O. The highest BCUT2D eigenvalue weighted by atomic mass is 16.2. The van der Waals surface area contributed by atoms with Gasteiger partial charge in [-0.15, -0.1) is 0 Å². The van der Waals surface area contributed by atoms with Gasteiger partial charge in [-0.25, -0.2) is 4.98 Å². The lowest BCUT2D eigenvalue weighted by Gasteiger charge is -2.35. The Kier molecular flexibility index (Phi) is 3.74. The fourth-order valence-electron chi connectivity index (χ4n) is 2.50. The number of aryl methyl sites for hydroxylation is 1. The molecule has 3 heterocycles. The zero-order valence-corrected chi connectivity index (χ0v) is 12.3. The lowest BCUT2D eigenvalue weighted by Crippen LogP contribution is -2.48. The molecule has 7 heteroatoms. The molecule has 1 aliphatic rings. The second kappa shape index (κ2) is 5.85. The fraction of sp³-hybridized carbons (Fsp3) is 0.333. The van der Waals surface area contributed by atoms with Crippen LogP contribution < -0.4 is 4.90 Å². The molecule has 1 fully saturated rings. The first-order valence-corrected chi connectivity index (χ1v) is 7.10. The van der Waals surface area contributed by atoms with Crippen molar-refractivity contribution in [2.45, 2.75) is 6.92 Å². The predicted octanol–water partition coefficient (Wildman–Crippen LogP) is 0.947. The van der Waals surface area contributed by atoms with Crippen LogP contribution in [0, 0.1) is 18.3 Å². The number of amides is 1. The Labute approximate surface area is 128 Å². The van der Waals surface area contributed by atoms with E-state index in [0.29, 0.717) is 24.5 Å². The summed E-state index contributed by atoms with van der Waals surface area (Å²) in [7, 11) is 0. The van der Waals surface area contributed by atoms with Crippen LogP contribution in [0.25, 0.3) is 0 Å². The van der Waals surface area contributed by atoms with Crippen LogP contribution >= 0.6 is 0 Å². The molecule has 7 nitrogen and oxygen atoms in total. The summed E-state index contributed by atoms with van der Waals surface area (Å²) in [6.45, 7) is 4.64. The molecule has 0 saturated carbocycles. The largest absolute Gasteiger partial charge is 0.367 e. The van der Waals surface area contributed by atoms with Gasteiger partial charge in [0.2, 0.25) is 0 Å². The van der Waals surface area contributed by atoms with Crippen molar-refractivity contribution in [1.82, 2.24) is 20.1 Å². The number of piperazine rings is 1. The van der Waals surface area contributed by atoms with E-state index in [9.17, 15) is 4.79 Å². The van der Waals surface area contributed by atoms with E-state index in [1.54, 1.807) is 18.3 Å². The highest BCUT2D eigenvalue weighted by Crippen LogP contribution is 2.16. The van der Waals surface area contributed by atoms with Crippen molar-refractivity contribution in [1.29, 1.82) is 5.26 Å². The fourth-order valence-corrected chi connectivity index (χ4v) is 2.50. The molecule has 0 atom stereocenters. The molecule has 0 aliphatic carbocycles. The maximum absolute atomic E-state index is 12.3. The summed E-state index contributed by atoms with van der Waals surface area (Å²) in [5, 5.41) is 15.6. The number of nitrogens with one attached hydrogen (secondary N) is 1. The summed E-state index contributed by atoms with van der Waals surface area (Å²) in [5.74, 6) is -0.0399. The van der Waals surface area contributed by atoms with Gasteiger partial charge in [-0.05, 0) is 25.1 Å². The molecule has 0 unspecified atom stereocenters. The van der Waals surface area contributed by atoms with Crippen molar-refractivity contribution >= 4 is 11.6 Å². The SMILES string of the molecule is Cc1cc(C(=O)N2CCN(c3ccc(C#N)nc3)CC2)n[nH]1. The molecule has 2 aromatic heterocycles. The van der Waals surface area contributed by atoms with Crippen LogP contribution in [0.1, 0.15) is 21.9 Å². The Morgan fingerprint density at radius 1 is 1.32 bits per heavy atom. The van der Waals surface area contributed by atoms with Crippen LogP contribution in [0.5, 0.6) is 0 Å². The van der Waals surface area contributed by atoms with Gasteiger partial charge >= 0.3 is 0 Å². The van der Waals surface area contributed by atoms with E-state index in [1.807, 2.05) is 24.0 Å². The molecular weight excluding hydrogens is 280 g/mol. The molecule has 1 aliphatic heterocycles. The number of pyridine rings is 1. The number of rotatable bonds is 2. The van der Waals surface area contributed by atoms with Crippen molar-refractivity contribution in [2.24, 2.45) is 0 Å². The van der Waals surface area contributed by atoms with E-state index < -0.39 is 0 Å². The molecule has 1 N–H and O–H groups in total. The predicted molar refractivity (Wildman–Crippen MR) is 80.4 cm³/mol. The number of anilines is 1. The van der Waals surface area contributed by atoms with Crippen molar-refractivity contribution in [2.75, 3.05) is 31.1 Å². The molecule has 1 amide bonds. The third-order valence-corrected chi connectivity index (χ3v) is 3.72. The Hall–Kier alpha value is -2.88. The first-order chi connectivity index (χ1) is 10.7. The minimum Gasteiger partial charge on any atom is -0.367 e. The number of H-pyrrole nitrogens is 1. The van der Waals surface area contributed by atoms with Gasteiger partial charge in [0, 0.05) is 31.9 Å². The summed E-state index contributed by atoms with van der Waals surface area (Å²) >= 11 is 0. The Balaban J connectivity index is 1.62. The highest BCUT2D eigenvalue weighted by Gasteiger charge is 2.23. The summed E-state index contributed by atoms with van der Waals surface area (Å²) < 4.78 is 0. The maximum Gasteiger partial charge on any atom is 0.274 e. The number of hydrogen-bond donors (Lipinski definition) is 1. The summed E-state index contributed by atoms with van der Waals surface area (Å²) in [6.07, 6.45) is 1.70. The van der Waals surface area contributed by atoms with Crippen LogP contribution in [0.2, 0.25) is 0 Å². The Bertz CT molecular complexity index is 706. The van der Waals surface area contributed by atoms with E-state index >= 15 is 0 Å². The molecule has 0 bridgehead atoms. The highest BCUT2D eigenvalue weighted by molar-refractivity contribution is 5.92. The standard InChI is InChI=1S/C15H16N6O/c1-11-8-14(19-18-11)15(22)21-6-4-20(5-7-21)13-3-2-12(9-16)17-10-13/h2-3,8,10H,4-7H2,1H3,(H,18,19). The van der Waals surface area contributed by atoms with Gasteiger partial charge in [-0.2, -0.15) is 10.4 Å². The monoisotopic (exact) mass is 296 g/mol. The average molecular weight is 296 g/mol. The van der Waals surface area contributed by atoms with Gasteiger partial charge in [0.25, 0.3) is 5.91 Å². The molecule has 22 heavy (non-hydrogen) atoms. The molecule has 0 radical (unpaired) electrons. The smallest absolute Gasteiger partial charge is 0.274 e. The molecule has 3 rings (SSSR count). The van der Waals surface area contributed by atoms with Gasteiger partial charge in [0.15, 0.2) is 0 Å². The number of aromatic nitrogens is 3. The normalized spacial score (nSPS) is 14.7. The van der Waals surface area contributed by atoms with Gasteiger partial charge < -0.3 is 9.80 Å². The number of hydrogen-bond acceptors (Lipinski definition) is 5. The molecule has 2 aromatic rings. The van der Waals surface area contributed by atoms with Gasteiger partial charge in [-0.3, -0.25) is 9.89 Å². The lowest BCUT2D eigenvalue weighted by molar-refractivity contribution is 0.0741. The summed E-state index contributed by atoms with van der Waals surface area (Å²) in [5.41, 5.74) is 2.73. The molecule has 0 spiro atoms. The summed E-state index contributed by atoms with van der Waals surface area (Å²) in [4.78, 5) is 20.4. The van der Waals surface area contributed by atoms with Crippen LogP contribution in [0.3, 0.4) is 0 Å². The van der Waals surface area contributed by atoms with Crippen LogP contribution in [-0.4, -0.2) is 52.2 Å². The first-order valence-electron chi connectivity index (χ1n) is 7.10. The second-order valence-corrected chi connectivity index (χ2v) is 5.23. The van der Waals surface area contributed by atoms with Crippen LogP contribution in [0.4, 0.5) is 5.69 Å². The van der Waals surface area contributed by atoms with E-state index in [2.05, 4.69) is 20.1 Å². The number of nitriles is 1. The van der Waals surface area contributed by atoms with Gasteiger partial charge in [-0.1, -0.05) is 0 Å². The van der Waals surface area contributed by atoms with Crippen LogP contribution in [0.15, 0.2) is 24.4 Å². The number of nitrogens with zero attached hydrogens (tertiary/aromatic N) is 5. The van der Waals surface area contributed by atoms with E-state index in [-0.39, 0.29) is 5.91 Å². The Morgan fingerprint density at radius 3 is 2.64 bits per heavy atom. The zero-order chi connectivity index (χ0) is 15.5. The third kappa shape index (κ3) is 2.76. The van der Waals surface area contributed by atoms with Crippen molar-refractivity contribution in [3.63, 3.8) is 0 Å². The quantitative estimate of drug-likeness (QED) is 0.891. The van der Waals surface area contributed by atoms with E-state index in [1.165, 1.54) is 0 Å². The summed E-state index contributed by atoms with van der Waals surface area (Å²) in [6, 6.07) is 7.37. The number of aromatic amines is 1. The topological polar surface area (TPSA) is 88.9 Å². The average Bonchev–Trinajstić information content (AvgIpc) is 3.01. The minimum atomic E-state index is -0.0399. The Morgan fingerprint density at radius 2 is 2.09 bits per heavy atom. The molecule has 0 aromatic carbocycles. The van der Waals surface area contributed by atoms with Gasteiger partial charge in [0.05, 0.1) is 11.9 Å². The maximum atomic E-state index is 12.3. The number of carbonyl (C=O) groups is 1. The van der Waals surface area contributed by atoms with E-state index in [0.717, 1.165) is 24.5 Å². The zero-order valence-electron chi connectivity index (χ0n) is 12.3.